The van der Waals surface area contributed by atoms with Gasteiger partial charge in [-0.15, -0.1) is 0 Å². The Labute approximate surface area is 92.6 Å². The van der Waals surface area contributed by atoms with Gasteiger partial charge < -0.3 is 10.2 Å². The highest BCUT2D eigenvalue weighted by Crippen LogP contribution is 2.13. The van der Waals surface area contributed by atoms with Gasteiger partial charge in [0.2, 0.25) is 0 Å². The minimum atomic E-state index is 0.169. The molecule has 0 spiro atoms. The van der Waals surface area contributed by atoms with Crippen molar-refractivity contribution in [3.05, 3.63) is 24.3 Å². The molecule has 0 amide bonds. The summed E-state index contributed by atoms with van der Waals surface area (Å²) in [7, 11) is 0. The minimum Gasteiger partial charge on any atom is -0.508 e. The first-order valence-electron chi connectivity index (χ1n) is 5.68. The molecular formula is C13H22O2. The van der Waals surface area contributed by atoms with Crippen LogP contribution < -0.4 is 0 Å². The van der Waals surface area contributed by atoms with Crippen LogP contribution in [-0.2, 0) is 0 Å². The molecule has 0 unspecified atom stereocenters. The summed E-state index contributed by atoms with van der Waals surface area (Å²) in [6.45, 7) is 4.49. The Bertz CT molecular complexity index is 204. The largest absolute Gasteiger partial charge is 0.508 e. The fraction of sp³-hybridized carbons (Fsp3) is 0.538. The molecule has 0 saturated heterocycles. The van der Waals surface area contributed by atoms with E-state index < -0.39 is 0 Å². The highest BCUT2D eigenvalue weighted by molar-refractivity contribution is 5.28. The van der Waals surface area contributed by atoms with E-state index in [2.05, 4.69) is 13.8 Å². The molecule has 1 aromatic rings. The molecule has 15 heavy (non-hydrogen) atoms. The number of phenols is 2. The molecule has 0 radical (unpaired) electrons. The number of aromatic hydroxyl groups is 2. The van der Waals surface area contributed by atoms with Crippen molar-refractivity contribution in [3.8, 4) is 11.5 Å². The zero-order valence-corrected chi connectivity index (χ0v) is 9.74. The first kappa shape index (κ1) is 13.8. The van der Waals surface area contributed by atoms with Crippen molar-refractivity contribution < 1.29 is 10.2 Å². The Morgan fingerprint density at radius 1 is 0.733 bits per heavy atom. The molecule has 0 atom stereocenters. The molecule has 86 valence electrons. The van der Waals surface area contributed by atoms with Crippen LogP contribution in [0.25, 0.3) is 0 Å². The predicted octanol–water partition coefficient (Wildman–Crippen LogP) is 4.07. The van der Waals surface area contributed by atoms with Crippen LogP contribution in [0.1, 0.15) is 46.0 Å². The van der Waals surface area contributed by atoms with Crippen LogP contribution in [0.2, 0.25) is 0 Å². The van der Waals surface area contributed by atoms with Gasteiger partial charge in [-0.1, -0.05) is 46.0 Å². The van der Waals surface area contributed by atoms with E-state index in [-0.39, 0.29) is 11.5 Å². The third-order valence-corrected chi connectivity index (χ3v) is 2.06. The summed E-state index contributed by atoms with van der Waals surface area (Å²) in [5.41, 5.74) is 0. The van der Waals surface area contributed by atoms with Crippen molar-refractivity contribution in [2.75, 3.05) is 0 Å². The van der Waals surface area contributed by atoms with E-state index in [0.29, 0.717) is 0 Å². The van der Waals surface area contributed by atoms with E-state index in [1.807, 2.05) is 0 Å². The van der Waals surface area contributed by atoms with Crippen LogP contribution in [0.5, 0.6) is 11.5 Å². The van der Waals surface area contributed by atoms with Gasteiger partial charge in [-0.05, 0) is 24.3 Å². The second kappa shape index (κ2) is 9.38. The van der Waals surface area contributed by atoms with E-state index in [9.17, 15) is 0 Å². The maximum atomic E-state index is 8.65. The fourth-order valence-corrected chi connectivity index (χ4v) is 1.13. The van der Waals surface area contributed by atoms with E-state index in [1.165, 1.54) is 56.4 Å². The molecule has 2 nitrogen and oxygen atoms in total. The maximum Gasteiger partial charge on any atom is 0.115 e. The second-order valence-electron chi connectivity index (χ2n) is 3.58. The van der Waals surface area contributed by atoms with Crippen molar-refractivity contribution in [1.29, 1.82) is 0 Å². The Morgan fingerprint density at radius 3 is 1.33 bits per heavy atom. The molecule has 0 heterocycles. The minimum absolute atomic E-state index is 0.169. The molecule has 0 saturated carbocycles. The van der Waals surface area contributed by atoms with E-state index >= 15 is 0 Å². The van der Waals surface area contributed by atoms with Gasteiger partial charge in [0.1, 0.15) is 11.5 Å². The normalized spacial score (nSPS) is 9.20. The Morgan fingerprint density at radius 2 is 1.07 bits per heavy atom. The Balaban J connectivity index is 0.000000265. The van der Waals surface area contributed by atoms with Gasteiger partial charge in [-0.3, -0.25) is 0 Å². The number of rotatable bonds is 4. The maximum absolute atomic E-state index is 8.65. The van der Waals surface area contributed by atoms with Crippen molar-refractivity contribution >= 4 is 0 Å². The smallest absolute Gasteiger partial charge is 0.115 e. The summed E-state index contributed by atoms with van der Waals surface area (Å²) >= 11 is 0. The summed E-state index contributed by atoms with van der Waals surface area (Å²) in [6, 6.07) is 5.70. The Kier molecular flexibility index (Phi) is 8.64. The summed E-state index contributed by atoms with van der Waals surface area (Å²) < 4.78 is 0. The van der Waals surface area contributed by atoms with Gasteiger partial charge in [0.25, 0.3) is 0 Å². The van der Waals surface area contributed by atoms with Crippen molar-refractivity contribution in [2.24, 2.45) is 0 Å². The zero-order chi connectivity index (χ0) is 11.5. The third kappa shape index (κ3) is 9.13. The molecule has 1 aromatic carbocycles. The van der Waals surface area contributed by atoms with Gasteiger partial charge in [0.05, 0.1) is 0 Å². The second-order valence-corrected chi connectivity index (χ2v) is 3.58. The topological polar surface area (TPSA) is 40.5 Å². The average molecular weight is 210 g/mol. The zero-order valence-electron chi connectivity index (χ0n) is 9.74. The van der Waals surface area contributed by atoms with Gasteiger partial charge in [0, 0.05) is 0 Å². The van der Waals surface area contributed by atoms with E-state index in [0.717, 1.165) is 0 Å². The van der Waals surface area contributed by atoms with E-state index in [1.54, 1.807) is 0 Å². The van der Waals surface area contributed by atoms with Crippen LogP contribution in [0.3, 0.4) is 0 Å². The molecule has 2 heteroatoms. The molecule has 0 fully saturated rings. The number of benzene rings is 1. The number of hydrogen-bond acceptors (Lipinski definition) is 2. The summed E-state index contributed by atoms with van der Waals surface area (Å²) in [5.74, 6) is 0.339. The van der Waals surface area contributed by atoms with Gasteiger partial charge in [-0.25, -0.2) is 0 Å². The fourth-order valence-electron chi connectivity index (χ4n) is 1.13. The SMILES string of the molecule is CCCCCCC.Oc1ccc(O)cc1. The molecular weight excluding hydrogens is 188 g/mol. The summed E-state index contributed by atoms with van der Waals surface area (Å²) in [4.78, 5) is 0. The Hall–Kier alpha value is -1.18. The number of hydrogen-bond donors (Lipinski definition) is 2. The van der Waals surface area contributed by atoms with Crippen LogP contribution in [0.4, 0.5) is 0 Å². The van der Waals surface area contributed by atoms with Crippen molar-refractivity contribution in [1.82, 2.24) is 0 Å². The molecule has 2 N–H and O–H groups in total. The molecule has 0 aliphatic carbocycles. The van der Waals surface area contributed by atoms with Crippen LogP contribution in [-0.4, -0.2) is 10.2 Å². The lowest BCUT2D eigenvalue weighted by atomic mass is 10.2. The third-order valence-electron chi connectivity index (χ3n) is 2.06. The summed E-state index contributed by atoms with van der Waals surface area (Å²) in [5, 5.41) is 17.3. The van der Waals surface area contributed by atoms with Gasteiger partial charge >= 0.3 is 0 Å². The highest BCUT2D eigenvalue weighted by Gasteiger charge is 1.84. The van der Waals surface area contributed by atoms with Crippen LogP contribution >= 0.6 is 0 Å². The lowest BCUT2D eigenvalue weighted by molar-refractivity contribution is 0.460. The summed E-state index contributed by atoms with van der Waals surface area (Å²) in [6.07, 6.45) is 7.01. The van der Waals surface area contributed by atoms with E-state index in [4.69, 9.17) is 10.2 Å². The quantitative estimate of drug-likeness (QED) is 0.581. The number of unbranched alkanes of at least 4 members (excludes halogenated alkanes) is 4. The highest BCUT2D eigenvalue weighted by atomic mass is 16.3. The first-order valence-corrected chi connectivity index (χ1v) is 5.68. The average Bonchev–Trinajstić information content (AvgIpc) is 2.24. The molecule has 0 bridgehead atoms. The van der Waals surface area contributed by atoms with Gasteiger partial charge in [0.15, 0.2) is 0 Å². The van der Waals surface area contributed by atoms with Gasteiger partial charge in [-0.2, -0.15) is 0 Å². The lowest BCUT2D eigenvalue weighted by Gasteiger charge is -1.90. The van der Waals surface area contributed by atoms with Crippen LogP contribution in [0, 0.1) is 0 Å². The molecule has 1 rings (SSSR count). The number of phenolic OH excluding ortho intramolecular Hbond substituents is 2. The first-order chi connectivity index (χ1) is 7.20. The van der Waals surface area contributed by atoms with Crippen molar-refractivity contribution in [3.63, 3.8) is 0 Å². The van der Waals surface area contributed by atoms with Crippen LogP contribution in [0.15, 0.2) is 24.3 Å². The van der Waals surface area contributed by atoms with Crippen molar-refractivity contribution in [2.45, 2.75) is 46.0 Å². The predicted molar refractivity (Wildman–Crippen MR) is 64.2 cm³/mol. The monoisotopic (exact) mass is 210 g/mol. The standard InChI is InChI=1S/C7H16.C6H6O2/c1-3-5-7-6-4-2;7-5-1-2-6(8)4-3-5/h3-7H2,1-2H3;1-4,7-8H. The molecule has 0 aliphatic rings. The molecule has 0 aliphatic heterocycles. The lowest BCUT2D eigenvalue weighted by Crippen LogP contribution is -1.70. The molecule has 0 aromatic heterocycles.